The number of hydrogen-bond acceptors (Lipinski definition) is 6. The summed E-state index contributed by atoms with van der Waals surface area (Å²) in [5.74, 6) is 0. The maximum atomic E-state index is 12.9. The van der Waals surface area contributed by atoms with Gasteiger partial charge in [-0.2, -0.15) is 13.1 Å². The Morgan fingerprint density at radius 3 is 2.26 bits per heavy atom. The van der Waals surface area contributed by atoms with Gasteiger partial charge in [-0.25, -0.2) is 8.42 Å². The lowest BCUT2D eigenvalue weighted by molar-refractivity contribution is 0.514. The molecule has 0 bridgehead atoms. The first-order valence-corrected chi connectivity index (χ1v) is 12.0. The fraction of sp³-hybridized carbons (Fsp3) is 0.389. The van der Waals surface area contributed by atoms with Crippen LogP contribution in [0.4, 0.5) is 5.69 Å². The maximum Gasteiger partial charge on any atom is 0.322 e. The summed E-state index contributed by atoms with van der Waals surface area (Å²) in [6.45, 7) is 1.88. The second kappa shape index (κ2) is 8.37. The zero-order valence-corrected chi connectivity index (χ0v) is 17.1. The molecule has 1 atom stereocenters. The monoisotopic (exact) mass is 411 g/mol. The number of carbonyl (C=O) groups excluding carboxylic acids is 1. The van der Waals surface area contributed by atoms with E-state index >= 15 is 0 Å². The molecule has 0 saturated heterocycles. The van der Waals surface area contributed by atoms with E-state index in [2.05, 4.69) is 0 Å². The number of benzene rings is 2. The molecule has 1 N–H and O–H groups in total. The molecule has 2 aromatic rings. The molecule has 0 amide bonds. The van der Waals surface area contributed by atoms with Crippen LogP contribution in [-0.2, 0) is 22.7 Å². The Morgan fingerprint density at radius 1 is 1.04 bits per heavy atom. The third-order valence-electron chi connectivity index (χ3n) is 4.17. The Morgan fingerprint density at radius 2 is 1.67 bits per heavy atom. The summed E-state index contributed by atoms with van der Waals surface area (Å²) < 4.78 is 52.8. The average Bonchev–Trinajstić information content (AvgIpc) is 2.63. The van der Waals surface area contributed by atoms with Gasteiger partial charge in [0.05, 0.1) is 10.9 Å². The summed E-state index contributed by atoms with van der Waals surface area (Å²) in [4.78, 5) is 12.5. The predicted molar refractivity (Wildman–Crippen MR) is 107 cm³/mol. The molecule has 147 valence electrons. The molecule has 27 heavy (non-hydrogen) atoms. The summed E-state index contributed by atoms with van der Waals surface area (Å²) in [7, 11) is -5.98. The van der Waals surface area contributed by atoms with Crippen LogP contribution >= 0.6 is 0 Å². The van der Waals surface area contributed by atoms with Gasteiger partial charge in [-0.3, -0.25) is 4.79 Å². The van der Waals surface area contributed by atoms with Crippen LogP contribution in [0, 0.1) is 0 Å². The molecule has 7 nitrogen and oxygen atoms in total. The van der Waals surface area contributed by atoms with E-state index in [1.165, 1.54) is 12.1 Å². The quantitative estimate of drug-likeness (QED) is 0.635. The van der Waals surface area contributed by atoms with Crippen molar-refractivity contribution in [2.45, 2.75) is 37.1 Å². The lowest BCUT2D eigenvalue weighted by Gasteiger charge is -2.17. The van der Waals surface area contributed by atoms with E-state index in [9.17, 15) is 21.6 Å². The summed E-state index contributed by atoms with van der Waals surface area (Å²) in [5.41, 5.74) is 0.761. The fourth-order valence-corrected chi connectivity index (χ4v) is 6.22. The first-order chi connectivity index (χ1) is 12.7. The number of anilines is 1. The van der Waals surface area contributed by atoms with Gasteiger partial charge in [-0.15, -0.1) is 0 Å². The molecule has 0 aliphatic heterocycles. The summed E-state index contributed by atoms with van der Waals surface area (Å²) in [6.07, 6.45) is 3.07. The molecule has 2 rings (SSSR count). The van der Waals surface area contributed by atoms with Gasteiger partial charge in [0.15, 0.2) is 0 Å². The molecule has 1 radical (unpaired) electrons. The van der Waals surface area contributed by atoms with Crippen LogP contribution in [0.25, 0.3) is 10.8 Å². The second-order valence-corrected chi connectivity index (χ2v) is 11.5. The van der Waals surface area contributed by atoms with Gasteiger partial charge in [0.2, 0.25) is 6.29 Å². The van der Waals surface area contributed by atoms with E-state index in [0.717, 1.165) is 12.1 Å². The van der Waals surface area contributed by atoms with Crippen LogP contribution < -0.4 is 9.62 Å². The molecular formula is C18H23N2O5S2. The molecule has 0 spiro atoms. The van der Waals surface area contributed by atoms with Gasteiger partial charge < -0.3 is 4.90 Å². The van der Waals surface area contributed by atoms with Crippen LogP contribution in [0.2, 0.25) is 0 Å². The third-order valence-corrected chi connectivity index (χ3v) is 8.78. The van der Waals surface area contributed by atoms with Gasteiger partial charge >= 0.3 is 9.06 Å². The Labute approximate surface area is 159 Å². The zero-order chi connectivity index (χ0) is 20.2. The molecule has 0 aliphatic rings. The summed E-state index contributed by atoms with van der Waals surface area (Å²) >= 11 is 0. The van der Waals surface area contributed by atoms with Crippen molar-refractivity contribution in [2.24, 2.45) is 0 Å². The van der Waals surface area contributed by atoms with Crippen molar-refractivity contribution in [2.75, 3.05) is 19.0 Å². The Hall–Kier alpha value is -1.97. The van der Waals surface area contributed by atoms with Crippen molar-refractivity contribution in [3.63, 3.8) is 0 Å². The highest BCUT2D eigenvalue weighted by molar-refractivity contribution is 8.66. The highest BCUT2D eigenvalue weighted by atomic mass is 33.2. The minimum absolute atomic E-state index is 0.190. The minimum atomic E-state index is -4.83. The Kier molecular flexibility index (Phi) is 6.61. The minimum Gasteiger partial charge on any atom is -0.377 e. The molecule has 1 unspecified atom stereocenters. The van der Waals surface area contributed by atoms with Crippen LogP contribution in [-0.4, -0.2) is 43.3 Å². The van der Waals surface area contributed by atoms with Crippen molar-refractivity contribution in [1.29, 1.82) is 0 Å². The normalized spacial score (nSPS) is 13.4. The molecule has 0 saturated carbocycles. The van der Waals surface area contributed by atoms with E-state index in [1.54, 1.807) is 24.5 Å². The highest BCUT2D eigenvalue weighted by Gasteiger charge is 2.35. The molecule has 0 aliphatic carbocycles. The zero-order valence-electron chi connectivity index (χ0n) is 15.5. The first-order valence-electron chi connectivity index (χ1n) is 8.49. The number of rotatable bonds is 9. The van der Waals surface area contributed by atoms with Crippen molar-refractivity contribution in [3.05, 3.63) is 36.4 Å². The number of hydrogen-bond donors (Lipinski definition) is 1. The van der Waals surface area contributed by atoms with E-state index in [0.29, 0.717) is 17.2 Å². The highest BCUT2D eigenvalue weighted by Crippen LogP contribution is 2.32. The molecule has 0 aromatic heterocycles. The lowest BCUT2D eigenvalue weighted by Crippen LogP contribution is -2.39. The third kappa shape index (κ3) is 4.31. The predicted octanol–water partition coefficient (Wildman–Crippen LogP) is 2.18. The van der Waals surface area contributed by atoms with E-state index in [4.69, 9.17) is 0 Å². The summed E-state index contributed by atoms with van der Waals surface area (Å²) in [5, 5.41) is 0.914. The summed E-state index contributed by atoms with van der Waals surface area (Å²) in [6, 6.07) is 8.32. The van der Waals surface area contributed by atoms with Gasteiger partial charge in [0, 0.05) is 30.6 Å². The number of nitrogens with zero attached hydrogens (tertiary/aromatic N) is 1. The van der Waals surface area contributed by atoms with Crippen molar-refractivity contribution < 1.29 is 21.6 Å². The van der Waals surface area contributed by atoms with Crippen LogP contribution in [0.1, 0.15) is 26.2 Å². The topological polar surface area (TPSA) is 101 Å². The van der Waals surface area contributed by atoms with Gasteiger partial charge in [0.1, 0.15) is 0 Å². The molecule has 0 fully saturated rings. The van der Waals surface area contributed by atoms with Gasteiger partial charge in [-0.05, 0) is 18.6 Å². The average molecular weight is 412 g/mol. The van der Waals surface area contributed by atoms with Crippen molar-refractivity contribution >= 4 is 40.7 Å². The van der Waals surface area contributed by atoms with Crippen LogP contribution in [0.3, 0.4) is 0 Å². The fourth-order valence-electron chi connectivity index (χ4n) is 2.78. The molecule has 9 heteroatoms. The van der Waals surface area contributed by atoms with Crippen molar-refractivity contribution in [1.82, 2.24) is 4.72 Å². The van der Waals surface area contributed by atoms with Gasteiger partial charge in [0.25, 0.3) is 8.87 Å². The Bertz CT molecular complexity index is 1030. The number of nitrogens with one attached hydrogen (secondary N) is 1. The van der Waals surface area contributed by atoms with E-state index in [-0.39, 0.29) is 11.3 Å². The van der Waals surface area contributed by atoms with E-state index in [1.807, 2.05) is 36.7 Å². The standard InChI is InChI=1S/C18H23N2O5S2/c1-4-5-8-14(13-21)19-27(24,25)26(22,23)18-12-7-9-15-16(18)10-6-11-17(15)20(2)3/h6-7,9-12,14,19H,4-5,8H2,1-3H3. The lowest BCUT2D eigenvalue weighted by atomic mass is 10.1. The SMILES string of the molecule is CCCCC([C]=O)NS(=O)(=O)S(=O)(=O)c1cccc2c(N(C)C)cccc12. The Balaban J connectivity index is 2.56. The van der Waals surface area contributed by atoms with E-state index < -0.39 is 24.0 Å². The molecule has 0 heterocycles. The number of fused-ring (bicyclic) bond motifs is 1. The maximum absolute atomic E-state index is 12.9. The van der Waals surface area contributed by atoms with Crippen molar-refractivity contribution in [3.8, 4) is 0 Å². The second-order valence-electron chi connectivity index (χ2n) is 6.36. The largest absolute Gasteiger partial charge is 0.377 e. The first kappa shape index (κ1) is 21.3. The molecule has 2 aromatic carbocycles. The van der Waals surface area contributed by atoms with Crippen LogP contribution in [0.5, 0.6) is 0 Å². The molecular weight excluding hydrogens is 388 g/mol. The number of unbranched alkanes of at least 4 members (excludes halogenated alkanes) is 1. The smallest absolute Gasteiger partial charge is 0.322 e. The van der Waals surface area contributed by atoms with Crippen LogP contribution in [0.15, 0.2) is 41.3 Å². The van der Waals surface area contributed by atoms with Gasteiger partial charge in [-0.1, -0.05) is 44.0 Å².